The number of nitrogens with zero attached hydrogens (tertiary/aromatic N) is 3. The minimum atomic E-state index is -0.559. The zero-order valence-corrected chi connectivity index (χ0v) is 13.1. The summed E-state index contributed by atoms with van der Waals surface area (Å²) in [5.41, 5.74) is -0.356. The van der Waals surface area contributed by atoms with Gasteiger partial charge in [-0.1, -0.05) is 0 Å². The molecule has 1 aliphatic heterocycles. The van der Waals surface area contributed by atoms with Gasteiger partial charge in [0.1, 0.15) is 11.3 Å². The molecule has 0 saturated carbocycles. The highest BCUT2D eigenvalue weighted by atomic mass is 16.6. The van der Waals surface area contributed by atoms with Crippen molar-refractivity contribution in [3.8, 4) is 5.88 Å². The van der Waals surface area contributed by atoms with Crippen LogP contribution in [0.2, 0.25) is 0 Å². The van der Waals surface area contributed by atoms with E-state index >= 15 is 0 Å². The number of ether oxygens (including phenoxy) is 1. The van der Waals surface area contributed by atoms with Crippen LogP contribution in [0.25, 0.3) is 0 Å². The van der Waals surface area contributed by atoms with E-state index in [0.29, 0.717) is 19.5 Å². The molecule has 1 aromatic heterocycles. The molecule has 7 nitrogen and oxygen atoms in total. The maximum Gasteiger partial charge on any atom is 0.410 e. The molecular formula is C15H21N3O4. The summed E-state index contributed by atoms with van der Waals surface area (Å²) in [5, 5.41) is 16.3. The van der Waals surface area contributed by atoms with Crippen molar-refractivity contribution in [3.05, 3.63) is 17.8 Å². The Labute approximate surface area is 129 Å². The summed E-state index contributed by atoms with van der Waals surface area (Å²) >= 11 is 0. The predicted molar refractivity (Wildman–Crippen MR) is 78.6 cm³/mol. The number of carbonyl (C=O) groups is 2. The van der Waals surface area contributed by atoms with Crippen molar-refractivity contribution in [1.29, 1.82) is 0 Å². The fourth-order valence-electron chi connectivity index (χ4n) is 2.35. The molecule has 1 amide bonds. The molecule has 1 aliphatic rings. The Hall–Kier alpha value is -2.18. The highest BCUT2D eigenvalue weighted by molar-refractivity contribution is 5.96. The van der Waals surface area contributed by atoms with Gasteiger partial charge in [-0.15, -0.1) is 10.2 Å². The lowest BCUT2D eigenvalue weighted by Crippen LogP contribution is -2.44. The fourth-order valence-corrected chi connectivity index (χ4v) is 2.35. The predicted octanol–water partition coefficient (Wildman–Crippen LogP) is 2.01. The number of piperidine rings is 1. The van der Waals surface area contributed by atoms with E-state index in [1.165, 1.54) is 12.1 Å². The summed E-state index contributed by atoms with van der Waals surface area (Å²) in [5.74, 6) is -0.712. The maximum absolute atomic E-state index is 12.4. The van der Waals surface area contributed by atoms with Crippen LogP contribution in [0.5, 0.6) is 5.88 Å². The molecule has 0 bridgehead atoms. The van der Waals surface area contributed by atoms with Crippen molar-refractivity contribution >= 4 is 11.9 Å². The van der Waals surface area contributed by atoms with Gasteiger partial charge in [0.05, 0.1) is 0 Å². The van der Waals surface area contributed by atoms with E-state index in [1.54, 1.807) is 4.90 Å². The molecule has 0 aromatic carbocycles. The average molecular weight is 307 g/mol. The van der Waals surface area contributed by atoms with Gasteiger partial charge in [-0.05, 0) is 39.7 Å². The number of amides is 1. The van der Waals surface area contributed by atoms with Crippen molar-refractivity contribution in [2.24, 2.45) is 5.92 Å². The number of aromatic nitrogens is 2. The molecule has 1 unspecified atom stereocenters. The second kappa shape index (κ2) is 6.29. The number of hydrogen-bond donors (Lipinski definition) is 1. The third kappa shape index (κ3) is 4.16. The molecule has 1 atom stereocenters. The molecule has 120 valence electrons. The number of aromatic hydroxyl groups is 1. The molecule has 2 rings (SSSR count). The SMILES string of the molecule is CC(C)(C)OC(=O)N1CCCC(C(=O)c2ccc(O)nn2)C1. The Morgan fingerprint density at radius 1 is 1.32 bits per heavy atom. The number of rotatable bonds is 2. The van der Waals surface area contributed by atoms with E-state index in [1.807, 2.05) is 20.8 Å². The maximum atomic E-state index is 12.4. The van der Waals surface area contributed by atoms with Crippen molar-refractivity contribution in [1.82, 2.24) is 15.1 Å². The van der Waals surface area contributed by atoms with Crippen molar-refractivity contribution in [3.63, 3.8) is 0 Å². The number of ketones is 1. The number of carbonyl (C=O) groups excluding carboxylic acids is 2. The van der Waals surface area contributed by atoms with Crippen LogP contribution in [0.15, 0.2) is 12.1 Å². The topological polar surface area (TPSA) is 92.6 Å². The zero-order valence-electron chi connectivity index (χ0n) is 13.1. The largest absolute Gasteiger partial charge is 0.492 e. The second-order valence-electron chi connectivity index (χ2n) is 6.41. The summed E-state index contributed by atoms with van der Waals surface area (Å²) in [6, 6.07) is 2.77. The minimum Gasteiger partial charge on any atom is -0.492 e. The van der Waals surface area contributed by atoms with Gasteiger partial charge in [-0.25, -0.2) is 4.79 Å². The Morgan fingerprint density at radius 3 is 2.64 bits per heavy atom. The quantitative estimate of drug-likeness (QED) is 0.840. The lowest BCUT2D eigenvalue weighted by molar-refractivity contribution is 0.0171. The molecule has 7 heteroatoms. The summed E-state index contributed by atoms with van der Waals surface area (Å²) in [7, 11) is 0. The van der Waals surface area contributed by atoms with Gasteiger partial charge in [0.2, 0.25) is 5.88 Å². The van der Waals surface area contributed by atoms with E-state index in [4.69, 9.17) is 9.84 Å². The lowest BCUT2D eigenvalue weighted by Gasteiger charge is -2.33. The van der Waals surface area contributed by atoms with Crippen LogP contribution < -0.4 is 0 Å². The summed E-state index contributed by atoms with van der Waals surface area (Å²) < 4.78 is 5.34. The van der Waals surface area contributed by atoms with Crippen LogP contribution in [-0.2, 0) is 4.74 Å². The molecule has 0 aliphatic carbocycles. The Balaban J connectivity index is 2.02. The zero-order chi connectivity index (χ0) is 16.3. The lowest BCUT2D eigenvalue weighted by atomic mass is 9.92. The summed E-state index contributed by atoms with van der Waals surface area (Å²) in [6.45, 7) is 6.33. The van der Waals surface area contributed by atoms with Gasteiger partial charge in [0.25, 0.3) is 0 Å². The highest BCUT2D eigenvalue weighted by Gasteiger charge is 2.32. The first kappa shape index (κ1) is 16.2. The van der Waals surface area contributed by atoms with Crippen molar-refractivity contribution in [2.45, 2.75) is 39.2 Å². The first-order valence-corrected chi connectivity index (χ1v) is 7.31. The van der Waals surface area contributed by atoms with Crippen LogP contribution in [0, 0.1) is 5.92 Å². The van der Waals surface area contributed by atoms with Gasteiger partial charge < -0.3 is 14.7 Å². The Bertz CT molecular complexity index is 551. The van der Waals surface area contributed by atoms with E-state index in [9.17, 15) is 9.59 Å². The monoisotopic (exact) mass is 307 g/mol. The summed E-state index contributed by atoms with van der Waals surface area (Å²) in [4.78, 5) is 26.1. The van der Waals surface area contributed by atoms with Crippen molar-refractivity contribution in [2.75, 3.05) is 13.1 Å². The van der Waals surface area contributed by atoms with Gasteiger partial charge in [0, 0.05) is 25.1 Å². The normalized spacial score (nSPS) is 18.9. The first-order valence-electron chi connectivity index (χ1n) is 7.31. The third-order valence-corrected chi connectivity index (χ3v) is 3.35. The van der Waals surface area contributed by atoms with Crippen LogP contribution in [0.1, 0.15) is 44.1 Å². The number of Topliss-reactive ketones (excluding diaryl/α,β-unsaturated/α-hetero) is 1. The molecule has 0 radical (unpaired) electrons. The number of likely N-dealkylation sites (tertiary alicyclic amines) is 1. The van der Waals surface area contributed by atoms with E-state index in [0.717, 1.165) is 6.42 Å². The van der Waals surface area contributed by atoms with Gasteiger partial charge in [0.15, 0.2) is 5.78 Å². The third-order valence-electron chi connectivity index (χ3n) is 3.35. The number of hydrogen-bond acceptors (Lipinski definition) is 6. The Kier molecular flexibility index (Phi) is 4.63. The molecule has 1 N–H and O–H groups in total. The van der Waals surface area contributed by atoms with Gasteiger partial charge in [-0.2, -0.15) is 0 Å². The minimum absolute atomic E-state index is 0.166. The van der Waals surface area contributed by atoms with E-state index < -0.39 is 11.7 Å². The smallest absolute Gasteiger partial charge is 0.410 e. The standard InChI is InChI=1S/C15H21N3O4/c1-15(2,3)22-14(21)18-8-4-5-10(9-18)13(20)11-6-7-12(19)17-16-11/h6-7,10H,4-5,8-9H2,1-3H3,(H,17,19). The molecule has 22 heavy (non-hydrogen) atoms. The van der Waals surface area contributed by atoms with Crippen LogP contribution >= 0.6 is 0 Å². The highest BCUT2D eigenvalue weighted by Crippen LogP contribution is 2.22. The Morgan fingerprint density at radius 2 is 2.05 bits per heavy atom. The molecule has 2 heterocycles. The first-order chi connectivity index (χ1) is 10.3. The van der Waals surface area contributed by atoms with Gasteiger partial charge >= 0.3 is 6.09 Å². The van der Waals surface area contributed by atoms with Crippen LogP contribution in [-0.4, -0.2) is 50.8 Å². The molecule has 1 aromatic rings. The van der Waals surface area contributed by atoms with Crippen molar-refractivity contribution < 1.29 is 19.4 Å². The molecule has 0 spiro atoms. The fraction of sp³-hybridized carbons (Fsp3) is 0.600. The van der Waals surface area contributed by atoms with E-state index in [2.05, 4.69) is 10.2 Å². The van der Waals surface area contributed by atoms with Crippen LogP contribution in [0.4, 0.5) is 4.79 Å². The molecular weight excluding hydrogens is 286 g/mol. The molecule has 1 fully saturated rings. The average Bonchev–Trinajstić information content (AvgIpc) is 2.46. The van der Waals surface area contributed by atoms with Gasteiger partial charge in [-0.3, -0.25) is 4.79 Å². The van der Waals surface area contributed by atoms with E-state index in [-0.39, 0.29) is 23.3 Å². The van der Waals surface area contributed by atoms with Crippen LogP contribution in [0.3, 0.4) is 0 Å². The summed E-state index contributed by atoms with van der Waals surface area (Å²) in [6.07, 6.45) is 1.03. The second-order valence-corrected chi connectivity index (χ2v) is 6.41. The molecule has 1 saturated heterocycles.